The van der Waals surface area contributed by atoms with Gasteiger partial charge >= 0.3 is 0 Å². The summed E-state index contributed by atoms with van der Waals surface area (Å²) in [5, 5.41) is 27.9. The first-order chi connectivity index (χ1) is 15.6. The van der Waals surface area contributed by atoms with Crippen LogP contribution in [-0.4, -0.2) is 46.4 Å². The summed E-state index contributed by atoms with van der Waals surface area (Å²) in [4.78, 5) is 36.9. The lowest BCUT2D eigenvalue weighted by atomic mass is 10.1. The average molecular weight is 475 g/mol. The molecule has 2 rings (SSSR count). The highest BCUT2D eigenvalue weighted by Gasteiger charge is 2.23. The highest BCUT2D eigenvalue weighted by atomic mass is 32.2. The molecule has 2 amide bonds. The first-order valence-corrected chi connectivity index (χ1v) is 11.5. The van der Waals surface area contributed by atoms with Crippen molar-refractivity contribution in [2.75, 3.05) is 12.3 Å². The maximum Gasteiger partial charge on any atom is 0.243 e. The van der Waals surface area contributed by atoms with Crippen molar-refractivity contribution in [3.63, 3.8) is 0 Å². The lowest BCUT2D eigenvalue weighted by Crippen LogP contribution is -2.48. The number of carbonyl (C=O) groups is 2. The Morgan fingerprint density at radius 3 is 2.55 bits per heavy atom. The fraction of sp³-hybridized carbons (Fsp3) is 0.391. The second-order valence-electron chi connectivity index (χ2n) is 7.97. The number of carbonyl (C=O) groups excluding carboxylic acids is 2. The number of hydrogen-bond acceptors (Lipinski definition) is 8. The molecule has 0 bridgehead atoms. The van der Waals surface area contributed by atoms with Crippen molar-refractivity contribution in [2.45, 2.75) is 49.6 Å². The maximum absolute atomic E-state index is 12.6. The van der Waals surface area contributed by atoms with Crippen LogP contribution in [0.2, 0.25) is 0 Å². The lowest BCUT2D eigenvalue weighted by Gasteiger charge is -2.19. The first-order valence-electron chi connectivity index (χ1n) is 10.5. The van der Waals surface area contributed by atoms with Crippen molar-refractivity contribution in [3.05, 3.63) is 58.7 Å². The summed E-state index contributed by atoms with van der Waals surface area (Å²) in [6.45, 7) is 9.11. The molecule has 33 heavy (non-hydrogen) atoms. The SMILES string of the molecule is C=C(C)CNC(=O)C(CSc1ccc(C(O)=C2CC2)cc1N=O)NC(=O)CCC(N)C(=C)O. The summed E-state index contributed by atoms with van der Waals surface area (Å²) in [5.74, 6) is -0.711. The highest BCUT2D eigenvalue weighted by molar-refractivity contribution is 7.99. The molecule has 1 saturated carbocycles. The van der Waals surface area contributed by atoms with Crippen molar-refractivity contribution in [1.29, 1.82) is 0 Å². The van der Waals surface area contributed by atoms with Gasteiger partial charge in [0.05, 0.1) is 6.04 Å². The zero-order chi connectivity index (χ0) is 24.5. The fourth-order valence-corrected chi connectivity index (χ4v) is 3.79. The third-order valence-corrected chi connectivity index (χ3v) is 6.05. The summed E-state index contributed by atoms with van der Waals surface area (Å²) in [6.07, 6.45) is 1.85. The number of amides is 2. The van der Waals surface area contributed by atoms with Crippen molar-refractivity contribution in [1.82, 2.24) is 10.6 Å². The van der Waals surface area contributed by atoms with Crippen LogP contribution in [0.1, 0.15) is 38.2 Å². The molecule has 9 nitrogen and oxygen atoms in total. The van der Waals surface area contributed by atoms with E-state index in [1.165, 1.54) is 17.8 Å². The molecule has 1 fully saturated rings. The lowest BCUT2D eigenvalue weighted by molar-refractivity contribution is -0.128. The van der Waals surface area contributed by atoms with E-state index < -0.39 is 23.9 Å². The Bertz CT molecular complexity index is 970. The van der Waals surface area contributed by atoms with Gasteiger partial charge in [0.15, 0.2) is 0 Å². The zero-order valence-corrected chi connectivity index (χ0v) is 19.4. The Morgan fingerprint density at radius 2 is 1.97 bits per heavy atom. The minimum Gasteiger partial charge on any atom is -0.511 e. The zero-order valence-electron chi connectivity index (χ0n) is 18.6. The molecular weight excluding hydrogens is 444 g/mol. The second-order valence-corrected chi connectivity index (χ2v) is 9.03. The van der Waals surface area contributed by atoms with Crippen molar-refractivity contribution < 1.29 is 19.8 Å². The molecule has 0 radical (unpaired) electrons. The minimum absolute atomic E-state index is 0.000531. The predicted molar refractivity (Wildman–Crippen MR) is 130 cm³/mol. The summed E-state index contributed by atoms with van der Waals surface area (Å²) >= 11 is 1.19. The van der Waals surface area contributed by atoms with E-state index in [1.54, 1.807) is 19.1 Å². The fourth-order valence-electron chi connectivity index (χ4n) is 2.80. The largest absolute Gasteiger partial charge is 0.511 e. The normalized spacial score (nSPS) is 14.1. The summed E-state index contributed by atoms with van der Waals surface area (Å²) in [7, 11) is 0. The summed E-state index contributed by atoms with van der Waals surface area (Å²) < 4.78 is 0. The van der Waals surface area contributed by atoms with Gasteiger partial charge in [0.1, 0.15) is 23.2 Å². The van der Waals surface area contributed by atoms with Crippen LogP contribution in [-0.2, 0) is 9.59 Å². The molecule has 1 aromatic rings. The molecule has 1 aromatic carbocycles. The minimum atomic E-state index is -0.892. The Kier molecular flexibility index (Phi) is 9.68. The molecule has 0 saturated heterocycles. The van der Waals surface area contributed by atoms with E-state index >= 15 is 0 Å². The molecule has 6 N–H and O–H groups in total. The van der Waals surface area contributed by atoms with Gasteiger partial charge in [0.2, 0.25) is 11.8 Å². The molecule has 0 heterocycles. The van der Waals surface area contributed by atoms with Crippen LogP contribution in [0.3, 0.4) is 0 Å². The van der Waals surface area contributed by atoms with Gasteiger partial charge in [-0.25, -0.2) is 0 Å². The third-order valence-electron chi connectivity index (χ3n) is 4.90. The molecule has 2 unspecified atom stereocenters. The smallest absolute Gasteiger partial charge is 0.243 e. The number of nitroso groups, excluding NO2 is 1. The van der Waals surface area contributed by atoms with E-state index in [9.17, 15) is 24.7 Å². The molecule has 1 aliphatic carbocycles. The van der Waals surface area contributed by atoms with E-state index in [0.29, 0.717) is 10.5 Å². The molecule has 2 atom stereocenters. The van der Waals surface area contributed by atoms with Gasteiger partial charge in [-0.3, -0.25) is 9.59 Å². The number of rotatable bonds is 13. The predicted octanol–water partition coefficient (Wildman–Crippen LogP) is 3.60. The molecule has 178 valence electrons. The first kappa shape index (κ1) is 26.1. The van der Waals surface area contributed by atoms with Crippen LogP contribution in [0.5, 0.6) is 0 Å². The van der Waals surface area contributed by atoms with Crippen LogP contribution in [0.25, 0.3) is 5.76 Å². The van der Waals surface area contributed by atoms with Crippen LogP contribution in [0, 0.1) is 4.91 Å². The second kappa shape index (κ2) is 12.2. The van der Waals surface area contributed by atoms with Crippen LogP contribution in [0.15, 0.2) is 58.3 Å². The monoisotopic (exact) mass is 474 g/mol. The van der Waals surface area contributed by atoms with Crippen LogP contribution in [0.4, 0.5) is 5.69 Å². The standard InChI is InChI=1S/C23H30N4O5S/c1-13(2)11-25-23(31)19(26-21(29)9-7-17(24)14(3)28)12-33-20-8-6-16(10-18(20)27-32)22(30)15-4-5-15/h6,8,10,17,19,28,30H,1,3-5,7,9,11-12,24H2,2H3,(H,25,31)(H,26,29). The molecule has 10 heteroatoms. The molecule has 0 aliphatic heterocycles. The number of aliphatic hydroxyl groups excluding tert-OH is 2. The van der Waals surface area contributed by atoms with Gasteiger partial charge < -0.3 is 26.6 Å². The number of nitrogens with zero attached hydrogens (tertiary/aromatic N) is 1. The van der Waals surface area contributed by atoms with Gasteiger partial charge in [-0.2, -0.15) is 0 Å². The van der Waals surface area contributed by atoms with Crippen molar-refractivity contribution in [3.8, 4) is 0 Å². The Labute approximate surface area is 197 Å². The van der Waals surface area contributed by atoms with Crippen LogP contribution >= 0.6 is 11.8 Å². The molecule has 0 aromatic heterocycles. The Hall–Kier alpha value is -3.11. The number of benzene rings is 1. The molecule has 1 aliphatic rings. The number of nitrogens with two attached hydrogens (primary N) is 1. The summed E-state index contributed by atoms with van der Waals surface area (Å²) in [5.41, 5.74) is 8.03. The Balaban J connectivity index is 2.08. The molecule has 0 spiro atoms. The number of allylic oxidation sites excluding steroid dienone is 1. The van der Waals surface area contributed by atoms with E-state index in [1.807, 2.05) is 0 Å². The van der Waals surface area contributed by atoms with Gasteiger partial charge in [0.25, 0.3) is 0 Å². The average Bonchev–Trinajstić information content (AvgIpc) is 3.63. The van der Waals surface area contributed by atoms with E-state index in [0.717, 1.165) is 24.0 Å². The van der Waals surface area contributed by atoms with E-state index in [-0.39, 0.29) is 42.3 Å². The van der Waals surface area contributed by atoms with Gasteiger partial charge in [-0.15, -0.1) is 16.7 Å². The number of thioether (sulfide) groups is 1. The Morgan fingerprint density at radius 1 is 1.27 bits per heavy atom. The van der Waals surface area contributed by atoms with Crippen molar-refractivity contribution >= 4 is 35.0 Å². The number of hydrogen-bond donors (Lipinski definition) is 5. The highest BCUT2D eigenvalue weighted by Crippen LogP contribution is 2.38. The van der Waals surface area contributed by atoms with Gasteiger partial charge in [-0.1, -0.05) is 18.7 Å². The van der Waals surface area contributed by atoms with E-state index in [4.69, 9.17) is 5.73 Å². The van der Waals surface area contributed by atoms with E-state index in [2.05, 4.69) is 29.0 Å². The van der Waals surface area contributed by atoms with Gasteiger partial charge in [-0.05, 0) is 55.1 Å². The third kappa shape index (κ3) is 8.39. The van der Waals surface area contributed by atoms with Crippen molar-refractivity contribution in [2.24, 2.45) is 10.9 Å². The number of nitrogens with one attached hydrogen (secondary N) is 2. The number of aliphatic hydroxyl groups is 2. The topological polar surface area (TPSA) is 154 Å². The van der Waals surface area contributed by atoms with Gasteiger partial charge in [0, 0.05) is 29.2 Å². The quantitative estimate of drug-likeness (QED) is 0.127. The maximum atomic E-state index is 12.6. The summed E-state index contributed by atoms with van der Waals surface area (Å²) in [6, 6.07) is 3.23. The molecular formula is C23H30N4O5S. The van der Waals surface area contributed by atoms with Crippen LogP contribution < -0.4 is 16.4 Å².